The van der Waals surface area contributed by atoms with Gasteiger partial charge in [0.1, 0.15) is 30.5 Å². The van der Waals surface area contributed by atoms with Gasteiger partial charge in [-0.25, -0.2) is 4.18 Å². The third-order valence-electron chi connectivity index (χ3n) is 11.2. The molecular formula is C48H87NO12S. The lowest BCUT2D eigenvalue weighted by atomic mass is 9.99. The fraction of sp³-hybridized carbons (Fsp3) is 0.812. The zero-order valence-electron chi connectivity index (χ0n) is 38.3. The smallest absolute Gasteiger partial charge is 0.394 e. The minimum absolute atomic E-state index is 0.225. The number of unbranched alkanes of at least 4 members (excludes halogenated alkanes) is 21. The second kappa shape index (κ2) is 38.3. The Balaban J connectivity index is 2.55. The van der Waals surface area contributed by atoms with Gasteiger partial charge in [0, 0.05) is 0 Å². The molecule has 1 amide bonds. The zero-order chi connectivity index (χ0) is 45.7. The van der Waals surface area contributed by atoms with Crippen LogP contribution in [0.4, 0.5) is 0 Å². The monoisotopic (exact) mass is 902 g/mol. The number of aliphatic hydroxyl groups is 5. The summed E-state index contributed by atoms with van der Waals surface area (Å²) in [5, 5.41) is 55.2. The molecule has 1 aliphatic rings. The van der Waals surface area contributed by atoms with Crippen molar-refractivity contribution in [3.63, 3.8) is 0 Å². The molecule has 14 heteroatoms. The van der Waals surface area contributed by atoms with E-state index in [-0.39, 0.29) is 6.42 Å². The standard InChI is InChI=1S/C48H87NO12S/c1-3-5-7-9-11-13-15-17-18-19-20-21-22-23-25-27-29-31-33-35-37-42(52)47(55)49-40(41(51)36-34-32-30-28-26-24-16-14-12-10-8-6-4-2)39-59-48-45(54)46(61-62(56,57)58)44(53)43(38-50)60-48/h12,14,21-22,26,28,34,36,40-46,48,50-54H,3-11,13,15-20,23-25,27,29-33,35,37-39H2,1-2H3,(H,49,55)(H,56,57,58)/b14-12+,22-21-,28-26+,36-34+. The lowest BCUT2D eigenvalue weighted by Crippen LogP contribution is -2.61. The van der Waals surface area contributed by atoms with E-state index in [9.17, 15) is 43.3 Å². The molecule has 0 aromatic carbocycles. The van der Waals surface area contributed by atoms with Crippen LogP contribution in [0.25, 0.3) is 0 Å². The molecular weight excluding hydrogens is 815 g/mol. The summed E-state index contributed by atoms with van der Waals surface area (Å²) in [6.07, 6.45) is 34.8. The summed E-state index contributed by atoms with van der Waals surface area (Å²) in [6.45, 7) is 3.15. The second-order valence-electron chi connectivity index (χ2n) is 16.8. The van der Waals surface area contributed by atoms with Gasteiger partial charge >= 0.3 is 10.4 Å². The van der Waals surface area contributed by atoms with Crippen LogP contribution >= 0.6 is 0 Å². The van der Waals surface area contributed by atoms with Crippen LogP contribution in [0.1, 0.15) is 187 Å². The average Bonchev–Trinajstić information content (AvgIpc) is 3.24. The molecule has 0 spiro atoms. The Labute approximate surface area is 375 Å². The summed E-state index contributed by atoms with van der Waals surface area (Å²) in [5.74, 6) is -0.723. The molecule has 8 atom stereocenters. The number of amides is 1. The molecule has 13 nitrogen and oxygen atoms in total. The van der Waals surface area contributed by atoms with Gasteiger partial charge in [0.25, 0.3) is 0 Å². The van der Waals surface area contributed by atoms with Gasteiger partial charge < -0.3 is 40.3 Å². The number of aliphatic hydroxyl groups excluding tert-OH is 5. The predicted octanol–water partition coefficient (Wildman–Crippen LogP) is 8.63. The van der Waals surface area contributed by atoms with Crippen LogP contribution in [0.3, 0.4) is 0 Å². The maximum absolute atomic E-state index is 13.1. The Morgan fingerprint density at radius 3 is 1.58 bits per heavy atom. The highest BCUT2D eigenvalue weighted by Gasteiger charge is 2.48. The van der Waals surface area contributed by atoms with Gasteiger partial charge in [0.05, 0.1) is 25.4 Å². The maximum atomic E-state index is 13.1. The van der Waals surface area contributed by atoms with Crippen LogP contribution in [-0.2, 0) is 28.9 Å². The van der Waals surface area contributed by atoms with E-state index < -0.39 is 78.5 Å². The zero-order valence-corrected chi connectivity index (χ0v) is 39.1. The van der Waals surface area contributed by atoms with Crippen molar-refractivity contribution in [1.82, 2.24) is 5.32 Å². The molecule has 62 heavy (non-hydrogen) atoms. The Kier molecular flexibility index (Phi) is 35.9. The van der Waals surface area contributed by atoms with Gasteiger partial charge in [-0.15, -0.1) is 0 Å². The van der Waals surface area contributed by atoms with E-state index >= 15 is 0 Å². The minimum atomic E-state index is -5.13. The van der Waals surface area contributed by atoms with Crippen molar-refractivity contribution in [2.24, 2.45) is 0 Å². The summed E-state index contributed by atoms with van der Waals surface area (Å²) in [7, 11) is -5.13. The van der Waals surface area contributed by atoms with Crippen molar-refractivity contribution < 1.29 is 57.0 Å². The normalized spacial score (nSPS) is 21.5. The van der Waals surface area contributed by atoms with Crippen molar-refractivity contribution >= 4 is 16.3 Å². The Hall–Kier alpha value is -1.98. The number of carbonyl (C=O) groups is 1. The van der Waals surface area contributed by atoms with Crippen LogP contribution in [0, 0.1) is 0 Å². The van der Waals surface area contributed by atoms with Gasteiger partial charge in [-0.1, -0.05) is 165 Å². The summed E-state index contributed by atoms with van der Waals surface area (Å²) in [5.41, 5.74) is 0. The summed E-state index contributed by atoms with van der Waals surface area (Å²) < 4.78 is 47.5. The summed E-state index contributed by atoms with van der Waals surface area (Å²) in [6, 6.07) is -1.15. The molecule has 1 heterocycles. The lowest BCUT2D eigenvalue weighted by Gasteiger charge is -2.41. The van der Waals surface area contributed by atoms with E-state index in [0.717, 1.165) is 70.6 Å². The molecule has 1 aliphatic heterocycles. The molecule has 0 aromatic rings. The topological polar surface area (TPSA) is 212 Å². The Morgan fingerprint density at radius 2 is 1.08 bits per heavy atom. The lowest BCUT2D eigenvalue weighted by molar-refractivity contribution is -0.298. The number of carbonyl (C=O) groups excluding carboxylic acids is 1. The third kappa shape index (κ3) is 30.2. The highest BCUT2D eigenvalue weighted by atomic mass is 32.3. The first kappa shape index (κ1) is 58.0. The fourth-order valence-electron chi connectivity index (χ4n) is 7.31. The van der Waals surface area contributed by atoms with E-state index in [4.69, 9.17) is 9.47 Å². The van der Waals surface area contributed by atoms with E-state index in [0.29, 0.717) is 12.8 Å². The van der Waals surface area contributed by atoms with Crippen molar-refractivity contribution in [2.75, 3.05) is 13.2 Å². The molecule has 0 aliphatic carbocycles. The molecule has 1 rings (SSSR count). The molecule has 0 bridgehead atoms. The molecule has 362 valence electrons. The van der Waals surface area contributed by atoms with E-state index in [1.807, 2.05) is 0 Å². The second-order valence-corrected chi connectivity index (χ2v) is 17.9. The molecule has 0 saturated carbocycles. The Bertz CT molecular complexity index is 1310. The molecule has 0 radical (unpaired) electrons. The van der Waals surface area contributed by atoms with Gasteiger partial charge in [-0.3, -0.25) is 9.35 Å². The number of rotatable bonds is 40. The summed E-state index contributed by atoms with van der Waals surface area (Å²) >= 11 is 0. The quantitative estimate of drug-likeness (QED) is 0.0175. The van der Waals surface area contributed by atoms with E-state index in [2.05, 4.69) is 59.8 Å². The van der Waals surface area contributed by atoms with E-state index in [1.54, 1.807) is 6.08 Å². The first-order valence-corrected chi connectivity index (χ1v) is 25.5. The van der Waals surface area contributed by atoms with Crippen LogP contribution in [0.15, 0.2) is 48.6 Å². The molecule has 7 N–H and O–H groups in total. The number of nitrogens with one attached hydrogen (secondary N) is 1. The van der Waals surface area contributed by atoms with E-state index in [1.165, 1.54) is 89.5 Å². The predicted molar refractivity (Wildman–Crippen MR) is 247 cm³/mol. The molecule has 8 unspecified atom stereocenters. The van der Waals surface area contributed by atoms with Crippen LogP contribution in [0.2, 0.25) is 0 Å². The van der Waals surface area contributed by atoms with Crippen molar-refractivity contribution in [3.8, 4) is 0 Å². The number of ether oxygens (including phenoxy) is 2. The van der Waals surface area contributed by atoms with Crippen LogP contribution in [-0.4, -0.2) is 107 Å². The fourth-order valence-corrected chi connectivity index (χ4v) is 7.82. The van der Waals surface area contributed by atoms with Gasteiger partial charge in [-0.2, -0.15) is 8.42 Å². The highest BCUT2D eigenvalue weighted by Crippen LogP contribution is 2.26. The SMILES string of the molecule is CCCCC/C=C/CC/C=C/CC/C=C/C(O)C(COC1OC(CO)C(O)C(OS(=O)(=O)O)C1O)NC(=O)C(O)CCCCCCCC/C=C\CCCCCCCCCCCC. The number of hydrogen-bond acceptors (Lipinski definition) is 11. The number of allylic oxidation sites excluding steroid dienone is 7. The Morgan fingerprint density at radius 1 is 0.645 bits per heavy atom. The van der Waals surface area contributed by atoms with Gasteiger partial charge in [0.15, 0.2) is 6.29 Å². The first-order valence-electron chi connectivity index (χ1n) is 24.1. The summed E-state index contributed by atoms with van der Waals surface area (Å²) in [4.78, 5) is 13.1. The molecule has 0 aromatic heterocycles. The van der Waals surface area contributed by atoms with Crippen LogP contribution < -0.4 is 5.32 Å². The van der Waals surface area contributed by atoms with Gasteiger partial charge in [-0.05, 0) is 70.6 Å². The minimum Gasteiger partial charge on any atom is -0.394 e. The van der Waals surface area contributed by atoms with Crippen molar-refractivity contribution in [2.45, 2.75) is 236 Å². The van der Waals surface area contributed by atoms with Crippen LogP contribution in [0.5, 0.6) is 0 Å². The first-order chi connectivity index (χ1) is 29.9. The molecule has 1 saturated heterocycles. The maximum Gasteiger partial charge on any atom is 0.397 e. The third-order valence-corrected chi connectivity index (χ3v) is 11.6. The largest absolute Gasteiger partial charge is 0.397 e. The highest BCUT2D eigenvalue weighted by molar-refractivity contribution is 7.80. The van der Waals surface area contributed by atoms with Gasteiger partial charge in [0.2, 0.25) is 5.91 Å². The van der Waals surface area contributed by atoms with Crippen molar-refractivity contribution in [1.29, 1.82) is 0 Å². The van der Waals surface area contributed by atoms with Crippen molar-refractivity contribution in [3.05, 3.63) is 48.6 Å². The molecule has 1 fully saturated rings. The average molecular weight is 902 g/mol. The number of hydrogen-bond donors (Lipinski definition) is 7.